The van der Waals surface area contributed by atoms with Gasteiger partial charge in [0, 0.05) is 37.9 Å². The summed E-state index contributed by atoms with van der Waals surface area (Å²) in [5, 5.41) is 6.91. The molecule has 1 atom stereocenters. The van der Waals surface area contributed by atoms with E-state index in [1.165, 1.54) is 12.1 Å². The van der Waals surface area contributed by atoms with E-state index >= 15 is 0 Å². The number of amides is 1. The molecule has 1 unspecified atom stereocenters. The molecule has 1 amide bonds. The Bertz CT molecular complexity index is 951. The molecule has 0 aliphatic carbocycles. The van der Waals surface area contributed by atoms with Crippen LogP contribution in [0.1, 0.15) is 33.9 Å². The summed E-state index contributed by atoms with van der Waals surface area (Å²) < 4.78 is 14.8. The molecule has 1 aromatic heterocycles. The van der Waals surface area contributed by atoms with Gasteiger partial charge in [-0.05, 0) is 41.8 Å². The molecule has 0 bridgehead atoms. The second-order valence-corrected chi connectivity index (χ2v) is 6.88. The topological polar surface area (TPSA) is 50.2 Å². The first-order valence-corrected chi connectivity index (χ1v) is 8.97. The molecular formula is C21H21FN4O. The van der Waals surface area contributed by atoms with E-state index in [0.717, 1.165) is 30.6 Å². The maximum Gasteiger partial charge on any atom is 0.255 e. The number of aryl methyl sites for hydroxylation is 1. The highest BCUT2D eigenvalue weighted by Crippen LogP contribution is 2.34. The van der Waals surface area contributed by atoms with E-state index in [1.807, 2.05) is 36.4 Å². The Morgan fingerprint density at radius 1 is 1.26 bits per heavy atom. The molecule has 0 spiro atoms. The molecule has 4 rings (SSSR count). The van der Waals surface area contributed by atoms with E-state index in [1.54, 1.807) is 24.1 Å². The summed E-state index contributed by atoms with van der Waals surface area (Å²) in [7, 11) is 1.81. The normalized spacial score (nSPS) is 16.7. The molecule has 1 aliphatic heterocycles. The summed E-state index contributed by atoms with van der Waals surface area (Å²) >= 11 is 0. The minimum atomic E-state index is -0.211. The number of nitrogens with zero attached hydrogens (tertiary/aromatic N) is 3. The SMILES string of the molecule is Cn1cc(NC(=O)c2cccc(CN3CCC3c3ccc(F)cc3)c2)cn1. The minimum absolute atomic E-state index is 0.149. The average molecular weight is 364 g/mol. The highest BCUT2D eigenvalue weighted by molar-refractivity contribution is 6.04. The lowest BCUT2D eigenvalue weighted by molar-refractivity contribution is 0.0818. The largest absolute Gasteiger partial charge is 0.319 e. The maximum atomic E-state index is 13.1. The van der Waals surface area contributed by atoms with Gasteiger partial charge in [0.2, 0.25) is 0 Å². The summed E-state index contributed by atoms with van der Waals surface area (Å²) in [5.74, 6) is -0.361. The number of carbonyl (C=O) groups excluding carboxylic acids is 1. The maximum absolute atomic E-state index is 13.1. The van der Waals surface area contributed by atoms with Gasteiger partial charge in [0.25, 0.3) is 5.91 Å². The number of nitrogens with one attached hydrogen (secondary N) is 1. The summed E-state index contributed by atoms with van der Waals surface area (Å²) in [6, 6.07) is 14.7. The molecule has 27 heavy (non-hydrogen) atoms. The van der Waals surface area contributed by atoms with Crippen LogP contribution >= 0.6 is 0 Å². The summed E-state index contributed by atoms with van der Waals surface area (Å²) in [6.45, 7) is 1.75. The van der Waals surface area contributed by atoms with Crippen LogP contribution in [-0.2, 0) is 13.6 Å². The fourth-order valence-electron chi connectivity index (χ4n) is 3.43. The zero-order chi connectivity index (χ0) is 18.8. The Kier molecular flexibility index (Phi) is 4.73. The van der Waals surface area contributed by atoms with Crippen LogP contribution in [0.4, 0.5) is 10.1 Å². The van der Waals surface area contributed by atoms with Crippen molar-refractivity contribution in [3.8, 4) is 0 Å². The van der Waals surface area contributed by atoms with Gasteiger partial charge in [-0.25, -0.2) is 4.39 Å². The van der Waals surface area contributed by atoms with Gasteiger partial charge in [0.1, 0.15) is 5.82 Å². The lowest BCUT2D eigenvalue weighted by Gasteiger charge is -2.41. The predicted octanol–water partition coefficient (Wildman–Crippen LogP) is 3.76. The monoisotopic (exact) mass is 364 g/mol. The van der Waals surface area contributed by atoms with Crippen molar-refractivity contribution in [2.75, 3.05) is 11.9 Å². The number of hydrogen-bond donors (Lipinski definition) is 1. The molecule has 1 saturated heterocycles. The number of benzene rings is 2. The molecule has 2 aromatic carbocycles. The first kappa shape index (κ1) is 17.4. The van der Waals surface area contributed by atoms with Crippen molar-refractivity contribution in [3.63, 3.8) is 0 Å². The van der Waals surface area contributed by atoms with Gasteiger partial charge in [-0.15, -0.1) is 0 Å². The summed E-state index contributed by atoms with van der Waals surface area (Å²) in [5.41, 5.74) is 3.51. The Morgan fingerprint density at radius 2 is 2.07 bits per heavy atom. The molecule has 0 saturated carbocycles. The van der Waals surface area contributed by atoms with Crippen LogP contribution in [0.25, 0.3) is 0 Å². The number of likely N-dealkylation sites (tertiary alicyclic amines) is 1. The second kappa shape index (κ2) is 7.32. The first-order valence-electron chi connectivity index (χ1n) is 8.97. The zero-order valence-corrected chi connectivity index (χ0v) is 15.1. The molecule has 5 nitrogen and oxygen atoms in total. The number of hydrogen-bond acceptors (Lipinski definition) is 3. The lowest BCUT2D eigenvalue weighted by Crippen LogP contribution is -2.40. The molecule has 138 valence electrons. The smallest absolute Gasteiger partial charge is 0.255 e. The van der Waals surface area contributed by atoms with Gasteiger partial charge >= 0.3 is 0 Å². The first-order chi connectivity index (χ1) is 13.1. The van der Waals surface area contributed by atoms with E-state index in [0.29, 0.717) is 17.3 Å². The molecule has 1 N–H and O–H groups in total. The van der Waals surface area contributed by atoms with Crippen LogP contribution in [0.3, 0.4) is 0 Å². The Labute approximate surface area is 157 Å². The van der Waals surface area contributed by atoms with Crippen molar-refractivity contribution in [2.45, 2.75) is 19.0 Å². The average Bonchev–Trinajstić information content (AvgIpc) is 3.05. The van der Waals surface area contributed by atoms with Gasteiger partial charge < -0.3 is 5.32 Å². The van der Waals surface area contributed by atoms with Crippen molar-refractivity contribution in [3.05, 3.63) is 83.4 Å². The van der Waals surface area contributed by atoms with Crippen molar-refractivity contribution in [2.24, 2.45) is 7.05 Å². The molecule has 6 heteroatoms. The number of anilines is 1. The molecule has 1 aliphatic rings. The molecule has 2 heterocycles. The zero-order valence-electron chi connectivity index (χ0n) is 15.1. The Morgan fingerprint density at radius 3 is 2.74 bits per heavy atom. The van der Waals surface area contributed by atoms with E-state index < -0.39 is 0 Å². The van der Waals surface area contributed by atoms with Gasteiger partial charge in [-0.2, -0.15) is 5.10 Å². The number of carbonyl (C=O) groups is 1. The van der Waals surface area contributed by atoms with Crippen molar-refractivity contribution >= 4 is 11.6 Å². The van der Waals surface area contributed by atoms with E-state index in [9.17, 15) is 9.18 Å². The van der Waals surface area contributed by atoms with Gasteiger partial charge in [-0.3, -0.25) is 14.4 Å². The second-order valence-electron chi connectivity index (χ2n) is 6.88. The lowest BCUT2D eigenvalue weighted by atomic mass is 9.94. The molecule has 3 aromatic rings. The number of aromatic nitrogens is 2. The molecule has 0 radical (unpaired) electrons. The third-order valence-corrected chi connectivity index (χ3v) is 4.92. The van der Waals surface area contributed by atoms with Crippen LogP contribution in [0.2, 0.25) is 0 Å². The Hall–Kier alpha value is -2.99. The van der Waals surface area contributed by atoms with Crippen molar-refractivity contribution in [1.29, 1.82) is 0 Å². The minimum Gasteiger partial charge on any atom is -0.319 e. The van der Waals surface area contributed by atoms with Crippen LogP contribution in [-0.4, -0.2) is 27.1 Å². The van der Waals surface area contributed by atoms with Gasteiger partial charge in [0.05, 0.1) is 11.9 Å². The highest BCUT2D eigenvalue weighted by Gasteiger charge is 2.29. The Balaban J connectivity index is 1.43. The number of halogens is 1. The predicted molar refractivity (Wildman–Crippen MR) is 102 cm³/mol. The van der Waals surface area contributed by atoms with E-state index in [-0.39, 0.29) is 11.7 Å². The van der Waals surface area contributed by atoms with Crippen molar-refractivity contribution in [1.82, 2.24) is 14.7 Å². The van der Waals surface area contributed by atoms with Gasteiger partial charge in [0.15, 0.2) is 0 Å². The summed E-state index contributed by atoms with van der Waals surface area (Å²) in [6.07, 6.45) is 4.44. The standard InChI is InChI=1S/C21H21FN4O/c1-25-14-19(12-23-25)24-21(27)17-4-2-3-15(11-17)13-26-10-9-20(26)16-5-7-18(22)8-6-16/h2-8,11-12,14,20H,9-10,13H2,1H3,(H,24,27). The van der Waals surface area contributed by atoms with Crippen LogP contribution in [0, 0.1) is 5.82 Å². The van der Waals surface area contributed by atoms with E-state index in [4.69, 9.17) is 0 Å². The van der Waals surface area contributed by atoms with Crippen LogP contribution in [0.5, 0.6) is 0 Å². The third kappa shape index (κ3) is 3.90. The summed E-state index contributed by atoms with van der Waals surface area (Å²) in [4.78, 5) is 14.8. The molecule has 1 fully saturated rings. The fourth-order valence-corrected chi connectivity index (χ4v) is 3.43. The molecular weight excluding hydrogens is 343 g/mol. The fraction of sp³-hybridized carbons (Fsp3) is 0.238. The highest BCUT2D eigenvalue weighted by atomic mass is 19.1. The van der Waals surface area contributed by atoms with Crippen LogP contribution in [0.15, 0.2) is 60.9 Å². The number of rotatable bonds is 5. The van der Waals surface area contributed by atoms with E-state index in [2.05, 4.69) is 15.3 Å². The van der Waals surface area contributed by atoms with Crippen LogP contribution < -0.4 is 5.32 Å². The van der Waals surface area contributed by atoms with Crippen molar-refractivity contribution < 1.29 is 9.18 Å². The van der Waals surface area contributed by atoms with Gasteiger partial charge in [-0.1, -0.05) is 24.3 Å². The quantitative estimate of drug-likeness (QED) is 0.750. The third-order valence-electron chi connectivity index (χ3n) is 4.92.